The number of hydrogen-bond donors (Lipinski definition) is 6. The molecule has 11 heteroatoms. The monoisotopic (exact) mass is 510 g/mol. The van der Waals surface area contributed by atoms with E-state index in [0.717, 1.165) is 5.39 Å². The topological polar surface area (TPSA) is 179 Å². The van der Waals surface area contributed by atoms with Gasteiger partial charge in [0, 0.05) is 23.9 Å². The molecule has 1 saturated heterocycles. The summed E-state index contributed by atoms with van der Waals surface area (Å²) in [5.41, 5.74) is -1.04. The second-order valence-corrected chi connectivity index (χ2v) is 9.44. The van der Waals surface area contributed by atoms with Gasteiger partial charge in [0.25, 0.3) is 0 Å². The van der Waals surface area contributed by atoms with Crippen LogP contribution in [0, 0.1) is 0 Å². The highest BCUT2D eigenvalue weighted by Crippen LogP contribution is 2.28. The van der Waals surface area contributed by atoms with Crippen molar-refractivity contribution in [1.82, 2.24) is 0 Å². The van der Waals surface area contributed by atoms with Crippen molar-refractivity contribution in [3.8, 4) is 5.75 Å². The lowest BCUT2D eigenvalue weighted by molar-refractivity contribution is -0.323. The Kier molecular flexibility index (Phi) is 9.25. The van der Waals surface area contributed by atoms with Gasteiger partial charge in [-0.2, -0.15) is 0 Å². The van der Waals surface area contributed by atoms with Crippen LogP contribution in [-0.2, 0) is 9.47 Å². The molecule has 3 rings (SSSR count). The number of benzene rings is 1. The molecule has 11 nitrogen and oxygen atoms in total. The molecule has 2 aromatic rings. The van der Waals surface area contributed by atoms with Crippen LogP contribution in [0.25, 0.3) is 11.0 Å². The summed E-state index contributed by atoms with van der Waals surface area (Å²) in [5.74, 6) is 0.468. The third-order valence-electron chi connectivity index (χ3n) is 6.15. The third-order valence-corrected chi connectivity index (χ3v) is 6.15. The largest absolute Gasteiger partial charge is 0.489 e. The highest BCUT2D eigenvalue weighted by molar-refractivity contribution is 5.77. The van der Waals surface area contributed by atoms with Crippen LogP contribution in [0.15, 0.2) is 51.2 Å². The van der Waals surface area contributed by atoms with Crippen molar-refractivity contribution >= 4 is 11.0 Å². The van der Waals surface area contributed by atoms with Crippen molar-refractivity contribution < 1.29 is 49.3 Å². The van der Waals surface area contributed by atoms with Crippen LogP contribution in [0.1, 0.15) is 27.2 Å². The Hall–Kier alpha value is -2.35. The standard InChI is InChI=1S/C25H34O11/c1-13(8-9-33-15-6-4-14-5-7-20(28)34-17(14)10-15)16(27)11-19(25(2,3)32)36-24-23(31)22(30)21(29)18(12-26)35-24/h4-8,10,16,18-19,21-24,26-27,29-32H,9,11-12H2,1-3H3/b13-8+/t16-,18-,19-,21-,22+,23-,24+/m1/s1. The Bertz CT molecular complexity index is 1090. The Morgan fingerprint density at radius 3 is 2.50 bits per heavy atom. The van der Waals surface area contributed by atoms with Crippen molar-refractivity contribution in [2.45, 2.75) is 75.7 Å². The van der Waals surface area contributed by atoms with Gasteiger partial charge >= 0.3 is 5.63 Å². The number of ether oxygens (including phenoxy) is 3. The van der Waals surface area contributed by atoms with Crippen LogP contribution < -0.4 is 10.4 Å². The van der Waals surface area contributed by atoms with Crippen LogP contribution >= 0.6 is 0 Å². The summed E-state index contributed by atoms with van der Waals surface area (Å²) in [7, 11) is 0. The maximum Gasteiger partial charge on any atom is 0.336 e. The SMILES string of the molecule is C/C(=C\COc1ccc2ccc(=O)oc2c1)[C@H](O)C[C@@H](O[C@@H]1O[C@H](CO)[C@@H](O)[C@H](O)[C@H]1O)C(C)(C)O. The molecule has 0 spiro atoms. The van der Waals surface area contributed by atoms with Crippen LogP contribution in [0.5, 0.6) is 5.75 Å². The quantitative estimate of drug-likeness (QED) is 0.184. The van der Waals surface area contributed by atoms with Crippen LogP contribution in [0.2, 0.25) is 0 Å². The summed E-state index contributed by atoms with van der Waals surface area (Å²) < 4.78 is 21.9. The normalized spacial score (nSPS) is 27.1. The minimum absolute atomic E-state index is 0.0953. The lowest BCUT2D eigenvalue weighted by Gasteiger charge is -2.42. The maximum atomic E-state index is 11.4. The number of rotatable bonds is 10. The van der Waals surface area contributed by atoms with Crippen LogP contribution in [-0.4, -0.2) is 92.4 Å². The van der Waals surface area contributed by atoms with Crippen molar-refractivity contribution in [2.24, 2.45) is 0 Å². The molecule has 0 saturated carbocycles. The number of aliphatic hydroxyl groups excluding tert-OH is 5. The van der Waals surface area contributed by atoms with Crippen molar-refractivity contribution in [2.75, 3.05) is 13.2 Å². The van der Waals surface area contributed by atoms with Gasteiger partial charge in [0.15, 0.2) is 6.29 Å². The fraction of sp³-hybridized carbons (Fsp3) is 0.560. The molecule has 7 atom stereocenters. The molecule has 1 aliphatic rings. The first-order chi connectivity index (χ1) is 16.9. The first-order valence-electron chi connectivity index (χ1n) is 11.6. The van der Waals surface area contributed by atoms with Gasteiger partial charge in [-0.3, -0.25) is 0 Å². The van der Waals surface area contributed by atoms with E-state index in [0.29, 0.717) is 16.9 Å². The summed E-state index contributed by atoms with van der Waals surface area (Å²) in [4.78, 5) is 11.4. The number of aliphatic hydroxyl groups is 6. The zero-order chi connectivity index (χ0) is 26.6. The van der Waals surface area contributed by atoms with Crippen molar-refractivity contribution in [3.05, 3.63) is 52.4 Å². The molecule has 1 aromatic heterocycles. The lowest BCUT2D eigenvalue weighted by Crippen LogP contribution is -2.60. The maximum absolute atomic E-state index is 11.4. The molecular weight excluding hydrogens is 476 g/mol. The molecule has 6 N–H and O–H groups in total. The summed E-state index contributed by atoms with van der Waals surface area (Å²) in [6.45, 7) is 4.06. The molecule has 1 fully saturated rings. The zero-order valence-corrected chi connectivity index (χ0v) is 20.4. The highest BCUT2D eigenvalue weighted by Gasteiger charge is 2.46. The molecule has 0 unspecified atom stereocenters. The van der Waals surface area contributed by atoms with Crippen LogP contribution in [0.4, 0.5) is 0 Å². The summed E-state index contributed by atoms with van der Waals surface area (Å²) >= 11 is 0. The second-order valence-electron chi connectivity index (χ2n) is 9.44. The van der Waals surface area contributed by atoms with E-state index in [1.165, 1.54) is 19.9 Å². The molecule has 0 radical (unpaired) electrons. The molecule has 0 amide bonds. The van der Waals surface area contributed by atoms with E-state index in [-0.39, 0.29) is 13.0 Å². The average Bonchev–Trinajstić information content (AvgIpc) is 2.82. The molecule has 1 aliphatic heterocycles. The van der Waals surface area contributed by atoms with E-state index in [9.17, 15) is 35.4 Å². The van der Waals surface area contributed by atoms with Gasteiger partial charge in [-0.1, -0.05) is 0 Å². The first-order valence-corrected chi connectivity index (χ1v) is 11.6. The fourth-order valence-electron chi connectivity index (χ4n) is 3.78. The van der Waals surface area contributed by atoms with Crippen molar-refractivity contribution in [3.63, 3.8) is 0 Å². The van der Waals surface area contributed by atoms with E-state index in [4.69, 9.17) is 18.6 Å². The first kappa shape index (κ1) is 28.2. The molecular formula is C25H34O11. The molecule has 2 heterocycles. The van der Waals surface area contributed by atoms with Crippen LogP contribution in [0.3, 0.4) is 0 Å². The summed E-state index contributed by atoms with van der Waals surface area (Å²) in [6, 6.07) is 8.05. The minimum Gasteiger partial charge on any atom is -0.489 e. The predicted octanol–water partition coefficient (Wildman–Crippen LogP) is -0.175. The Labute approximate surface area is 207 Å². The Balaban J connectivity index is 1.62. The number of hydrogen-bond acceptors (Lipinski definition) is 11. The predicted molar refractivity (Wildman–Crippen MR) is 127 cm³/mol. The van der Waals surface area contributed by atoms with E-state index in [1.54, 1.807) is 37.3 Å². The molecule has 0 bridgehead atoms. The fourth-order valence-corrected chi connectivity index (χ4v) is 3.78. The summed E-state index contributed by atoms with van der Waals surface area (Å²) in [5, 5.41) is 61.6. The summed E-state index contributed by atoms with van der Waals surface area (Å²) in [6.07, 6.45) is -8.00. The molecule has 36 heavy (non-hydrogen) atoms. The van der Waals surface area contributed by atoms with Gasteiger partial charge in [0.05, 0.1) is 24.4 Å². The van der Waals surface area contributed by atoms with E-state index in [2.05, 4.69) is 0 Å². The Morgan fingerprint density at radius 1 is 1.14 bits per heavy atom. The van der Waals surface area contributed by atoms with E-state index < -0.39 is 60.7 Å². The third kappa shape index (κ3) is 6.90. The Morgan fingerprint density at radius 2 is 1.83 bits per heavy atom. The second kappa shape index (κ2) is 11.8. The van der Waals surface area contributed by atoms with Gasteiger partial charge < -0.3 is 49.3 Å². The van der Waals surface area contributed by atoms with Gasteiger partial charge in [-0.25, -0.2) is 4.79 Å². The molecule has 0 aliphatic carbocycles. The lowest BCUT2D eigenvalue weighted by atomic mass is 9.93. The molecule has 200 valence electrons. The molecule has 1 aromatic carbocycles. The van der Waals surface area contributed by atoms with Crippen molar-refractivity contribution in [1.29, 1.82) is 0 Å². The van der Waals surface area contributed by atoms with E-state index >= 15 is 0 Å². The average molecular weight is 511 g/mol. The number of fused-ring (bicyclic) bond motifs is 1. The minimum atomic E-state index is -1.64. The van der Waals surface area contributed by atoms with E-state index in [1.807, 2.05) is 0 Å². The van der Waals surface area contributed by atoms with Gasteiger partial charge in [-0.05, 0) is 50.6 Å². The smallest absolute Gasteiger partial charge is 0.336 e. The van der Waals surface area contributed by atoms with Gasteiger partial charge in [0.2, 0.25) is 0 Å². The zero-order valence-electron chi connectivity index (χ0n) is 20.4. The van der Waals surface area contributed by atoms with Gasteiger partial charge in [0.1, 0.15) is 42.4 Å². The van der Waals surface area contributed by atoms with Gasteiger partial charge in [-0.15, -0.1) is 0 Å². The highest BCUT2D eigenvalue weighted by atomic mass is 16.7.